The topological polar surface area (TPSA) is 72.9 Å². The van der Waals surface area contributed by atoms with Gasteiger partial charge in [0.1, 0.15) is 11.4 Å². The van der Waals surface area contributed by atoms with Gasteiger partial charge < -0.3 is 9.47 Å². The summed E-state index contributed by atoms with van der Waals surface area (Å²) < 4.78 is 11.0. The third-order valence-corrected chi connectivity index (χ3v) is 4.31. The quantitative estimate of drug-likeness (QED) is 0.385. The molecule has 156 valence electrons. The highest BCUT2D eigenvalue weighted by Crippen LogP contribution is 2.23. The number of esters is 1. The van der Waals surface area contributed by atoms with Gasteiger partial charge in [0.15, 0.2) is 0 Å². The monoisotopic (exact) mass is 407 g/mol. The third-order valence-electron chi connectivity index (χ3n) is 4.31. The van der Waals surface area contributed by atoms with Crippen LogP contribution in [0.3, 0.4) is 0 Å². The van der Waals surface area contributed by atoms with Crippen LogP contribution in [0, 0.1) is 0 Å². The van der Waals surface area contributed by atoms with Crippen LogP contribution in [-0.4, -0.2) is 34.9 Å². The summed E-state index contributed by atoms with van der Waals surface area (Å²) in [6.07, 6.45) is 4.00. The summed E-state index contributed by atoms with van der Waals surface area (Å²) in [7, 11) is 0. The third kappa shape index (κ3) is 5.35. The van der Waals surface area contributed by atoms with Crippen molar-refractivity contribution in [3.63, 3.8) is 0 Å². The zero-order valence-electron chi connectivity index (χ0n) is 17.4. The van der Waals surface area contributed by atoms with E-state index in [4.69, 9.17) is 9.47 Å². The van der Waals surface area contributed by atoms with E-state index in [1.165, 1.54) is 6.20 Å². The first-order valence-corrected chi connectivity index (χ1v) is 9.84. The van der Waals surface area contributed by atoms with Gasteiger partial charge in [0.2, 0.25) is 0 Å². The largest absolute Gasteiger partial charge is 0.494 e. The van der Waals surface area contributed by atoms with Crippen molar-refractivity contribution >= 4 is 23.9 Å². The fourth-order valence-electron chi connectivity index (χ4n) is 3.01. The zero-order valence-corrected chi connectivity index (χ0v) is 17.4. The highest BCUT2D eigenvalue weighted by atomic mass is 16.6. The molecule has 0 saturated heterocycles. The Morgan fingerprint density at radius 2 is 1.67 bits per heavy atom. The van der Waals surface area contributed by atoms with E-state index in [1.54, 1.807) is 30.3 Å². The van der Waals surface area contributed by atoms with Crippen molar-refractivity contribution in [1.29, 1.82) is 0 Å². The number of carbonyl (C=O) groups excluding carboxylic acids is 3. The van der Waals surface area contributed by atoms with Crippen molar-refractivity contribution in [1.82, 2.24) is 4.90 Å². The number of nitrogens with zero attached hydrogens (tertiary/aromatic N) is 1. The van der Waals surface area contributed by atoms with Gasteiger partial charge in [-0.2, -0.15) is 0 Å². The molecule has 0 bridgehead atoms. The average Bonchev–Trinajstić information content (AvgIpc) is 2.93. The van der Waals surface area contributed by atoms with E-state index in [1.807, 2.05) is 45.0 Å². The lowest BCUT2D eigenvalue weighted by Gasteiger charge is -2.19. The summed E-state index contributed by atoms with van der Waals surface area (Å²) >= 11 is 0. The molecule has 0 N–H and O–H groups in total. The summed E-state index contributed by atoms with van der Waals surface area (Å²) in [5.41, 5.74) is 1.12. The maximum absolute atomic E-state index is 12.4. The zero-order chi connectivity index (χ0) is 21.7. The Kier molecular flexibility index (Phi) is 6.35. The van der Waals surface area contributed by atoms with Gasteiger partial charge in [0, 0.05) is 12.6 Å². The highest BCUT2D eigenvalue weighted by Gasteiger charge is 2.33. The van der Waals surface area contributed by atoms with Crippen LogP contribution >= 0.6 is 0 Å². The van der Waals surface area contributed by atoms with Crippen LogP contribution in [0.1, 0.15) is 59.9 Å². The van der Waals surface area contributed by atoms with Crippen molar-refractivity contribution in [2.24, 2.45) is 0 Å². The number of amides is 2. The van der Waals surface area contributed by atoms with E-state index in [9.17, 15) is 14.4 Å². The highest BCUT2D eigenvalue weighted by molar-refractivity contribution is 6.22. The molecular formula is C24H25NO5. The number of hydrogen-bond acceptors (Lipinski definition) is 5. The standard InChI is InChI=1S/C24H25NO5/c1-24(2,3)30-21(26)12-7-15-29-18-9-6-8-17(16-18)13-14-25-22(27)19-10-4-5-11-20(19)23(25)28/h4-6,8-11,13-14,16H,7,12,15H2,1-3H3/b14-13+. The molecule has 6 heteroatoms. The van der Waals surface area contributed by atoms with Gasteiger partial charge in [-0.1, -0.05) is 24.3 Å². The van der Waals surface area contributed by atoms with Crippen LogP contribution in [0.15, 0.2) is 54.7 Å². The number of rotatable bonds is 7. The number of ether oxygens (including phenoxy) is 2. The number of imide groups is 1. The lowest BCUT2D eigenvalue weighted by molar-refractivity contribution is -0.155. The van der Waals surface area contributed by atoms with Crippen LogP contribution in [0.4, 0.5) is 0 Å². The number of hydrogen-bond donors (Lipinski definition) is 0. The van der Waals surface area contributed by atoms with E-state index in [0.29, 0.717) is 29.9 Å². The lowest BCUT2D eigenvalue weighted by Crippen LogP contribution is -2.23. The predicted molar refractivity (Wildman–Crippen MR) is 113 cm³/mol. The molecule has 2 aromatic carbocycles. The minimum atomic E-state index is -0.488. The number of benzene rings is 2. The van der Waals surface area contributed by atoms with Crippen molar-refractivity contribution in [2.45, 2.75) is 39.2 Å². The average molecular weight is 407 g/mol. The molecule has 0 atom stereocenters. The fourth-order valence-corrected chi connectivity index (χ4v) is 3.01. The van der Waals surface area contributed by atoms with Crippen LogP contribution < -0.4 is 4.74 Å². The predicted octanol–water partition coefficient (Wildman–Crippen LogP) is 4.45. The number of fused-ring (bicyclic) bond motifs is 1. The minimum absolute atomic E-state index is 0.247. The van der Waals surface area contributed by atoms with Crippen molar-refractivity contribution in [2.75, 3.05) is 6.61 Å². The van der Waals surface area contributed by atoms with Gasteiger partial charge in [0.25, 0.3) is 11.8 Å². The first kappa shape index (κ1) is 21.3. The maximum atomic E-state index is 12.4. The number of carbonyl (C=O) groups is 3. The minimum Gasteiger partial charge on any atom is -0.494 e. The molecule has 0 radical (unpaired) electrons. The van der Waals surface area contributed by atoms with Gasteiger partial charge in [0.05, 0.1) is 17.7 Å². The Hall–Kier alpha value is -3.41. The Labute approximate surface area is 176 Å². The van der Waals surface area contributed by atoms with E-state index in [0.717, 1.165) is 10.5 Å². The summed E-state index contributed by atoms with van der Waals surface area (Å²) in [5.74, 6) is -0.268. The van der Waals surface area contributed by atoms with Gasteiger partial charge in [-0.3, -0.25) is 14.4 Å². The van der Waals surface area contributed by atoms with E-state index < -0.39 is 5.60 Å². The molecule has 0 saturated carbocycles. The summed E-state index contributed by atoms with van der Waals surface area (Å²) in [4.78, 5) is 37.6. The smallest absolute Gasteiger partial charge is 0.306 e. The Bertz CT molecular complexity index is 952. The second-order valence-electron chi connectivity index (χ2n) is 7.95. The molecule has 30 heavy (non-hydrogen) atoms. The Balaban J connectivity index is 1.54. The van der Waals surface area contributed by atoms with Gasteiger partial charge in [-0.15, -0.1) is 0 Å². The Morgan fingerprint density at radius 3 is 2.30 bits per heavy atom. The fraction of sp³-hybridized carbons (Fsp3) is 0.292. The summed E-state index contributed by atoms with van der Waals surface area (Å²) in [6, 6.07) is 14.1. The molecule has 0 fully saturated rings. The molecule has 0 aliphatic carbocycles. The van der Waals surface area contributed by atoms with E-state index >= 15 is 0 Å². The summed E-state index contributed by atoms with van der Waals surface area (Å²) in [5, 5.41) is 0. The summed E-state index contributed by atoms with van der Waals surface area (Å²) in [6.45, 7) is 5.89. The van der Waals surface area contributed by atoms with Crippen molar-refractivity contribution in [3.05, 3.63) is 71.4 Å². The lowest BCUT2D eigenvalue weighted by atomic mass is 10.1. The molecular weight excluding hydrogens is 382 g/mol. The molecule has 1 aliphatic rings. The molecule has 1 aliphatic heterocycles. The molecule has 2 amide bonds. The molecule has 6 nitrogen and oxygen atoms in total. The van der Waals surface area contributed by atoms with Crippen LogP contribution in [0.2, 0.25) is 0 Å². The molecule has 3 rings (SSSR count). The van der Waals surface area contributed by atoms with E-state index in [-0.39, 0.29) is 24.2 Å². The second-order valence-corrected chi connectivity index (χ2v) is 7.95. The Morgan fingerprint density at radius 1 is 1.00 bits per heavy atom. The first-order chi connectivity index (χ1) is 14.2. The SMILES string of the molecule is CC(C)(C)OC(=O)CCCOc1cccc(/C=C/N2C(=O)c3ccccc3C2=O)c1. The molecule has 0 unspecified atom stereocenters. The van der Waals surface area contributed by atoms with Crippen molar-refractivity contribution < 1.29 is 23.9 Å². The normalized spacial score (nSPS) is 13.6. The molecule has 2 aromatic rings. The van der Waals surface area contributed by atoms with Gasteiger partial charge >= 0.3 is 5.97 Å². The molecule has 0 spiro atoms. The second kappa shape index (κ2) is 8.95. The van der Waals surface area contributed by atoms with Crippen molar-refractivity contribution in [3.8, 4) is 5.75 Å². The van der Waals surface area contributed by atoms with Gasteiger partial charge in [-0.25, -0.2) is 4.90 Å². The maximum Gasteiger partial charge on any atom is 0.306 e. The van der Waals surface area contributed by atoms with E-state index in [2.05, 4.69) is 0 Å². The van der Waals surface area contributed by atoms with Crippen LogP contribution in [0.25, 0.3) is 6.08 Å². The molecule has 0 aromatic heterocycles. The first-order valence-electron chi connectivity index (χ1n) is 9.84. The van der Waals surface area contributed by atoms with Crippen LogP contribution in [-0.2, 0) is 9.53 Å². The molecule has 1 heterocycles. The van der Waals surface area contributed by atoms with Crippen LogP contribution in [0.5, 0.6) is 5.75 Å². The van der Waals surface area contributed by atoms with Gasteiger partial charge in [-0.05, 0) is 63.1 Å².